The predicted molar refractivity (Wildman–Crippen MR) is 56.3 cm³/mol. The van der Waals surface area contributed by atoms with E-state index in [4.69, 9.17) is 10.8 Å². The second-order valence-electron chi connectivity index (χ2n) is 4.19. The summed E-state index contributed by atoms with van der Waals surface area (Å²) in [6.45, 7) is 1.92. The van der Waals surface area contributed by atoms with Gasteiger partial charge in [0.1, 0.15) is 6.04 Å². The van der Waals surface area contributed by atoms with E-state index in [2.05, 4.69) is 0 Å². The molecule has 0 unspecified atom stereocenters. The number of rotatable bonds is 1. The Morgan fingerprint density at radius 2 is 2.40 bits per heavy atom. The summed E-state index contributed by atoms with van der Waals surface area (Å²) < 4.78 is 0. The monoisotopic (exact) mass is 230 g/mol. The van der Waals surface area contributed by atoms with Crippen molar-refractivity contribution in [2.45, 2.75) is 36.7 Å². The molecule has 2 rings (SSSR count). The fourth-order valence-corrected chi connectivity index (χ4v) is 3.65. The number of aliphatic carboxylic acids is 1. The molecule has 0 saturated carbocycles. The number of carboxylic acid groups (broad SMARTS) is 1. The van der Waals surface area contributed by atoms with Crippen molar-refractivity contribution in [3.05, 3.63) is 0 Å². The van der Waals surface area contributed by atoms with E-state index in [-0.39, 0.29) is 10.8 Å². The lowest BCUT2D eigenvalue weighted by molar-refractivity contribution is -0.153. The first-order chi connectivity index (χ1) is 6.96. The van der Waals surface area contributed by atoms with E-state index in [1.165, 1.54) is 16.7 Å². The zero-order valence-corrected chi connectivity index (χ0v) is 9.29. The Kier molecular flexibility index (Phi) is 2.42. The van der Waals surface area contributed by atoms with Gasteiger partial charge in [-0.05, 0) is 19.8 Å². The fraction of sp³-hybridized carbons (Fsp3) is 0.778. The van der Waals surface area contributed by atoms with Crippen LogP contribution in [0.5, 0.6) is 0 Å². The van der Waals surface area contributed by atoms with Crippen LogP contribution < -0.4 is 5.73 Å². The lowest BCUT2D eigenvalue weighted by atomic mass is 9.97. The zero-order valence-electron chi connectivity index (χ0n) is 8.47. The highest BCUT2D eigenvalue weighted by atomic mass is 32.2. The quantitative estimate of drug-likeness (QED) is 0.654. The molecular formula is C9H14N2O3S. The topological polar surface area (TPSA) is 83.6 Å². The summed E-state index contributed by atoms with van der Waals surface area (Å²) in [4.78, 5) is 24.0. The molecule has 3 atom stereocenters. The zero-order chi connectivity index (χ0) is 11.2. The van der Waals surface area contributed by atoms with E-state index in [0.29, 0.717) is 12.2 Å². The number of hydrogen-bond donors (Lipinski definition) is 2. The second kappa shape index (κ2) is 3.38. The molecule has 0 bridgehead atoms. The molecule has 0 aromatic carbocycles. The summed E-state index contributed by atoms with van der Waals surface area (Å²) in [7, 11) is 0. The number of nitrogens with zero attached hydrogens (tertiary/aromatic N) is 1. The highest BCUT2D eigenvalue weighted by Gasteiger charge is 2.52. The molecule has 0 spiro atoms. The third kappa shape index (κ3) is 1.52. The molecule has 15 heavy (non-hydrogen) atoms. The number of nitrogens with two attached hydrogens (primary N) is 1. The van der Waals surface area contributed by atoms with Crippen molar-refractivity contribution >= 4 is 23.6 Å². The van der Waals surface area contributed by atoms with Crippen molar-refractivity contribution < 1.29 is 14.7 Å². The molecule has 0 aromatic heterocycles. The number of carboxylic acids is 1. The Labute approximate surface area is 92.0 Å². The fourth-order valence-electron chi connectivity index (χ4n) is 2.22. The largest absolute Gasteiger partial charge is 0.480 e. The van der Waals surface area contributed by atoms with Crippen LogP contribution in [0.25, 0.3) is 0 Å². The normalized spacial score (nSPS) is 40.4. The number of amides is 1. The summed E-state index contributed by atoms with van der Waals surface area (Å²) >= 11 is 1.54. The Bertz CT molecular complexity index is 322. The maximum absolute atomic E-state index is 11.9. The lowest BCUT2D eigenvalue weighted by Gasteiger charge is -2.42. The van der Waals surface area contributed by atoms with Gasteiger partial charge in [0.2, 0.25) is 5.91 Å². The predicted octanol–water partition coefficient (Wildman–Crippen LogP) is -0.148. The van der Waals surface area contributed by atoms with Gasteiger partial charge in [-0.3, -0.25) is 4.79 Å². The minimum Gasteiger partial charge on any atom is -0.480 e. The summed E-state index contributed by atoms with van der Waals surface area (Å²) in [5, 5.41) is 9.02. The van der Waals surface area contributed by atoms with E-state index in [9.17, 15) is 9.59 Å². The van der Waals surface area contributed by atoms with E-state index >= 15 is 0 Å². The minimum atomic E-state index is -0.936. The van der Waals surface area contributed by atoms with Crippen LogP contribution in [0.3, 0.4) is 0 Å². The van der Waals surface area contributed by atoms with Gasteiger partial charge < -0.3 is 15.7 Å². The molecule has 84 valence electrons. The van der Waals surface area contributed by atoms with Crippen LogP contribution in [0.4, 0.5) is 0 Å². The average Bonchev–Trinajstić information content (AvgIpc) is 2.51. The highest BCUT2D eigenvalue weighted by Crippen LogP contribution is 2.45. The molecule has 3 N–H and O–H groups in total. The van der Waals surface area contributed by atoms with Crippen LogP contribution in [0.15, 0.2) is 0 Å². The lowest BCUT2D eigenvalue weighted by Crippen LogP contribution is -2.59. The Morgan fingerprint density at radius 3 is 3.00 bits per heavy atom. The second-order valence-corrected chi connectivity index (χ2v) is 5.69. The van der Waals surface area contributed by atoms with Gasteiger partial charge in [-0.2, -0.15) is 0 Å². The first-order valence-corrected chi connectivity index (χ1v) is 5.90. The Balaban J connectivity index is 2.31. The maximum atomic E-state index is 11.9. The van der Waals surface area contributed by atoms with Crippen molar-refractivity contribution in [3.8, 4) is 0 Å². The number of hydrogen-bond acceptors (Lipinski definition) is 4. The van der Waals surface area contributed by atoms with Crippen molar-refractivity contribution in [1.29, 1.82) is 0 Å². The third-order valence-electron chi connectivity index (χ3n) is 3.13. The van der Waals surface area contributed by atoms with Gasteiger partial charge >= 0.3 is 5.97 Å². The number of thioether (sulfide) groups is 1. The first kappa shape index (κ1) is 10.8. The van der Waals surface area contributed by atoms with E-state index in [1.54, 1.807) is 0 Å². The molecule has 6 heteroatoms. The molecular weight excluding hydrogens is 216 g/mol. The maximum Gasteiger partial charge on any atom is 0.327 e. The minimum absolute atomic E-state index is 0.221. The van der Waals surface area contributed by atoms with Gasteiger partial charge in [-0.15, -0.1) is 11.8 Å². The summed E-state index contributed by atoms with van der Waals surface area (Å²) in [6.07, 6.45) is 1.42. The number of carbonyl (C=O) groups is 2. The number of piperidine rings is 1. The van der Waals surface area contributed by atoms with E-state index in [1.807, 2.05) is 6.92 Å². The summed E-state index contributed by atoms with van der Waals surface area (Å²) in [6, 6.07) is -1.24. The molecule has 2 aliphatic heterocycles. The molecule has 0 radical (unpaired) electrons. The first-order valence-electron chi connectivity index (χ1n) is 4.91. The Hall–Kier alpha value is -0.750. The average molecular weight is 230 g/mol. The van der Waals surface area contributed by atoms with Gasteiger partial charge in [-0.1, -0.05) is 0 Å². The van der Waals surface area contributed by atoms with Crippen molar-refractivity contribution in [2.75, 3.05) is 5.75 Å². The van der Waals surface area contributed by atoms with E-state index in [0.717, 1.165) is 6.42 Å². The molecule has 5 nitrogen and oxygen atoms in total. The third-order valence-corrected chi connectivity index (χ3v) is 4.64. The van der Waals surface area contributed by atoms with E-state index < -0.39 is 18.1 Å². The molecule has 2 heterocycles. The van der Waals surface area contributed by atoms with Gasteiger partial charge in [-0.25, -0.2) is 4.79 Å². The van der Waals surface area contributed by atoms with Crippen LogP contribution in [0.2, 0.25) is 0 Å². The molecule has 0 aromatic rings. The van der Waals surface area contributed by atoms with Crippen molar-refractivity contribution in [1.82, 2.24) is 4.90 Å². The Morgan fingerprint density at radius 1 is 1.73 bits per heavy atom. The van der Waals surface area contributed by atoms with Crippen LogP contribution in [-0.2, 0) is 9.59 Å². The summed E-state index contributed by atoms with van der Waals surface area (Å²) in [5.74, 6) is -0.695. The highest BCUT2D eigenvalue weighted by molar-refractivity contribution is 8.00. The number of carbonyl (C=O) groups excluding carboxylic acids is 1. The summed E-state index contributed by atoms with van der Waals surface area (Å²) in [5.41, 5.74) is 5.66. The standard InChI is InChI=1S/C9H14N2O3S/c1-9-3-2-5(10)7(12)11(9)6(4-15-9)8(13)14/h5-6H,2-4,10H2,1H3,(H,13,14)/t5-,6-,9-/m0/s1. The van der Waals surface area contributed by atoms with Crippen LogP contribution in [0.1, 0.15) is 19.8 Å². The van der Waals surface area contributed by atoms with Crippen LogP contribution in [-0.4, -0.2) is 44.6 Å². The molecule has 2 aliphatic rings. The molecule has 1 amide bonds. The SMILES string of the molecule is C[C@]12CC[C@H](N)C(=O)N1[C@H](C(=O)O)CS2. The van der Waals surface area contributed by atoms with Gasteiger partial charge in [0.15, 0.2) is 0 Å². The van der Waals surface area contributed by atoms with Gasteiger partial charge in [0.25, 0.3) is 0 Å². The van der Waals surface area contributed by atoms with Gasteiger partial charge in [0, 0.05) is 5.75 Å². The van der Waals surface area contributed by atoms with Crippen molar-refractivity contribution in [2.24, 2.45) is 5.73 Å². The van der Waals surface area contributed by atoms with Crippen LogP contribution in [0, 0.1) is 0 Å². The molecule has 0 aliphatic carbocycles. The van der Waals surface area contributed by atoms with Crippen LogP contribution >= 0.6 is 11.8 Å². The number of fused-ring (bicyclic) bond motifs is 1. The molecule has 2 fully saturated rings. The van der Waals surface area contributed by atoms with Crippen molar-refractivity contribution in [3.63, 3.8) is 0 Å². The molecule has 2 saturated heterocycles. The smallest absolute Gasteiger partial charge is 0.327 e. The van der Waals surface area contributed by atoms with Gasteiger partial charge in [0.05, 0.1) is 10.9 Å².